The molecule has 118 valence electrons. The van der Waals surface area contributed by atoms with Gasteiger partial charge in [-0.15, -0.1) is 23.1 Å². The molecular formula is C11H13F3N2O3S2. The standard InChI is InChI=1S/C11H13F3N2O3S2/c1-5-8(10(18)19)21-9(16-5)6(2)15-7(17)3-20-4-11(12,13)14/h6H,3-4H2,1-2H3,(H,15,17)(H,18,19). The number of aromatic carboxylic acids is 1. The van der Waals surface area contributed by atoms with Crippen molar-refractivity contribution in [2.75, 3.05) is 11.5 Å². The summed E-state index contributed by atoms with van der Waals surface area (Å²) in [6.07, 6.45) is -4.31. The zero-order valence-corrected chi connectivity index (χ0v) is 12.8. The highest BCUT2D eigenvalue weighted by atomic mass is 32.2. The number of nitrogens with zero attached hydrogens (tertiary/aromatic N) is 1. The van der Waals surface area contributed by atoms with E-state index in [0.29, 0.717) is 22.5 Å². The Labute approximate surface area is 126 Å². The van der Waals surface area contributed by atoms with Crippen LogP contribution in [0.2, 0.25) is 0 Å². The molecule has 1 aromatic rings. The van der Waals surface area contributed by atoms with Crippen LogP contribution in [0.4, 0.5) is 13.2 Å². The van der Waals surface area contributed by atoms with E-state index in [1.54, 1.807) is 6.92 Å². The van der Waals surface area contributed by atoms with Crippen LogP contribution in [0.1, 0.15) is 33.3 Å². The molecule has 0 saturated heterocycles. The molecule has 5 nitrogen and oxygen atoms in total. The third-order valence-electron chi connectivity index (χ3n) is 2.25. The number of aromatic nitrogens is 1. The van der Waals surface area contributed by atoms with E-state index in [4.69, 9.17) is 5.11 Å². The number of thioether (sulfide) groups is 1. The SMILES string of the molecule is Cc1nc(C(C)NC(=O)CSCC(F)(F)F)sc1C(=O)O. The van der Waals surface area contributed by atoms with Gasteiger partial charge in [-0.3, -0.25) is 4.79 Å². The van der Waals surface area contributed by atoms with Crippen LogP contribution in [-0.4, -0.2) is 39.6 Å². The summed E-state index contributed by atoms with van der Waals surface area (Å²) in [6.45, 7) is 3.13. The van der Waals surface area contributed by atoms with Crippen LogP contribution in [0, 0.1) is 6.92 Å². The smallest absolute Gasteiger partial charge is 0.397 e. The Bertz CT molecular complexity index is 531. The number of rotatable bonds is 6. The van der Waals surface area contributed by atoms with Gasteiger partial charge in [0.1, 0.15) is 9.88 Å². The number of carbonyl (C=O) groups is 2. The molecule has 0 radical (unpaired) electrons. The number of hydrogen-bond donors (Lipinski definition) is 2. The van der Waals surface area contributed by atoms with Crippen molar-refractivity contribution < 1.29 is 27.9 Å². The van der Waals surface area contributed by atoms with Gasteiger partial charge in [-0.25, -0.2) is 9.78 Å². The highest BCUT2D eigenvalue weighted by Gasteiger charge is 2.27. The molecule has 0 bridgehead atoms. The summed E-state index contributed by atoms with van der Waals surface area (Å²) >= 11 is 1.40. The summed E-state index contributed by atoms with van der Waals surface area (Å²) in [5, 5.41) is 11.8. The second-order valence-corrected chi connectivity index (χ2v) is 6.19. The zero-order chi connectivity index (χ0) is 16.2. The van der Waals surface area contributed by atoms with Gasteiger partial charge in [-0.2, -0.15) is 13.2 Å². The van der Waals surface area contributed by atoms with Crippen molar-refractivity contribution in [3.63, 3.8) is 0 Å². The molecule has 0 aliphatic heterocycles. The van der Waals surface area contributed by atoms with E-state index in [2.05, 4.69) is 10.3 Å². The first-order valence-corrected chi connectivity index (χ1v) is 7.71. The first kappa shape index (κ1) is 17.8. The monoisotopic (exact) mass is 342 g/mol. The fourth-order valence-electron chi connectivity index (χ4n) is 1.41. The minimum absolute atomic E-state index is 0.0811. The van der Waals surface area contributed by atoms with E-state index >= 15 is 0 Å². The first-order valence-electron chi connectivity index (χ1n) is 5.74. The highest BCUT2D eigenvalue weighted by Crippen LogP contribution is 2.24. The van der Waals surface area contributed by atoms with Crippen LogP contribution in [0.3, 0.4) is 0 Å². The third-order valence-corrected chi connectivity index (χ3v) is 4.58. The van der Waals surface area contributed by atoms with Crippen molar-refractivity contribution in [1.82, 2.24) is 10.3 Å². The second kappa shape index (κ2) is 7.12. The Kier molecular flexibility index (Phi) is 6.02. The number of halogens is 3. The number of aryl methyl sites for hydroxylation is 1. The lowest BCUT2D eigenvalue weighted by atomic mass is 10.3. The Morgan fingerprint density at radius 3 is 2.57 bits per heavy atom. The lowest BCUT2D eigenvalue weighted by Gasteiger charge is -2.11. The molecule has 1 unspecified atom stereocenters. The number of carboxylic acids is 1. The fraction of sp³-hybridized carbons (Fsp3) is 0.545. The fourth-order valence-corrected chi connectivity index (χ4v) is 2.92. The Hall–Kier alpha value is -1.29. The number of thiazole rings is 1. The minimum Gasteiger partial charge on any atom is -0.477 e. The molecule has 10 heteroatoms. The van der Waals surface area contributed by atoms with Gasteiger partial charge < -0.3 is 10.4 Å². The first-order chi connectivity index (χ1) is 9.60. The van der Waals surface area contributed by atoms with Gasteiger partial charge >= 0.3 is 12.1 Å². The van der Waals surface area contributed by atoms with E-state index in [1.165, 1.54) is 6.92 Å². The third kappa shape index (κ3) is 5.92. The van der Waals surface area contributed by atoms with Gasteiger partial charge in [0, 0.05) is 0 Å². The van der Waals surface area contributed by atoms with Crippen molar-refractivity contribution in [2.24, 2.45) is 0 Å². The summed E-state index contributed by atoms with van der Waals surface area (Å²) in [5.41, 5.74) is 0.343. The predicted molar refractivity (Wildman–Crippen MR) is 73.7 cm³/mol. The number of nitrogens with one attached hydrogen (secondary N) is 1. The summed E-state index contributed by atoms with van der Waals surface area (Å²) in [5.74, 6) is -3.06. The Morgan fingerprint density at radius 1 is 1.48 bits per heavy atom. The van der Waals surface area contributed by atoms with Crippen molar-refractivity contribution >= 4 is 35.0 Å². The van der Waals surface area contributed by atoms with Gasteiger partial charge in [-0.05, 0) is 13.8 Å². The van der Waals surface area contributed by atoms with Gasteiger partial charge in [0.2, 0.25) is 5.91 Å². The summed E-state index contributed by atoms with van der Waals surface area (Å²) in [4.78, 5) is 26.5. The Morgan fingerprint density at radius 2 is 2.10 bits per heavy atom. The highest BCUT2D eigenvalue weighted by molar-refractivity contribution is 8.00. The molecule has 0 aliphatic rings. The maximum absolute atomic E-state index is 11.9. The van der Waals surface area contributed by atoms with E-state index in [9.17, 15) is 22.8 Å². The van der Waals surface area contributed by atoms with Crippen LogP contribution in [0.25, 0.3) is 0 Å². The van der Waals surface area contributed by atoms with Crippen LogP contribution < -0.4 is 5.32 Å². The van der Waals surface area contributed by atoms with E-state index in [0.717, 1.165) is 11.3 Å². The normalized spacial score (nSPS) is 13.0. The lowest BCUT2D eigenvalue weighted by molar-refractivity contribution is -0.119. The molecule has 1 aromatic heterocycles. The molecule has 2 N–H and O–H groups in total. The molecule has 1 rings (SSSR count). The summed E-state index contributed by atoms with van der Waals surface area (Å²) in [6, 6.07) is -0.555. The van der Waals surface area contributed by atoms with Crippen LogP contribution in [0.15, 0.2) is 0 Å². The van der Waals surface area contributed by atoms with Gasteiger partial charge in [0.05, 0.1) is 23.2 Å². The molecule has 0 aliphatic carbocycles. The average molecular weight is 342 g/mol. The molecule has 1 amide bonds. The molecule has 0 fully saturated rings. The molecule has 0 spiro atoms. The molecule has 1 heterocycles. The number of carbonyl (C=O) groups excluding carboxylic acids is 1. The Balaban J connectivity index is 2.53. The molecule has 1 atom stereocenters. The van der Waals surface area contributed by atoms with E-state index < -0.39 is 29.8 Å². The van der Waals surface area contributed by atoms with Crippen molar-refractivity contribution in [3.8, 4) is 0 Å². The largest absolute Gasteiger partial charge is 0.477 e. The summed E-state index contributed by atoms with van der Waals surface area (Å²) in [7, 11) is 0. The van der Waals surface area contributed by atoms with Gasteiger partial charge in [0.15, 0.2) is 0 Å². The molecule has 0 aromatic carbocycles. The topological polar surface area (TPSA) is 79.3 Å². The van der Waals surface area contributed by atoms with E-state index in [-0.39, 0.29) is 10.6 Å². The molecule has 21 heavy (non-hydrogen) atoms. The number of alkyl halides is 3. The van der Waals surface area contributed by atoms with Gasteiger partial charge in [-0.1, -0.05) is 0 Å². The zero-order valence-electron chi connectivity index (χ0n) is 11.2. The van der Waals surface area contributed by atoms with Crippen molar-refractivity contribution in [2.45, 2.75) is 26.1 Å². The van der Waals surface area contributed by atoms with Crippen LogP contribution in [0.5, 0.6) is 0 Å². The van der Waals surface area contributed by atoms with E-state index in [1.807, 2.05) is 0 Å². The van der Waals surface area contributed by atoms with Gasteiger partial charge in [0.25, 0.3) is 0 Å². The molecular weight excluding hydrogens is 329 g/mol. The van der Waals surface area contributed by atoms with Crippen LogP contribution in [-0.2, 0) is 4.79 Å². The van der Waals surface area contributed by atoms with Crippen molar-refractivity contribution in [3.05, 3.63) is 15.6 Å². The predicted octanol–water partition coefficient (Wildman–Crippen LogP) is 2.62. The second-order valence-electron chi connectivity index (χ2n) is 4.17. The maximum Gasteiger partial charge on any atom is 0.397 e. The average Bonchev–Trinajstić information content (AvgIpc) is 2.69. The number of carboxylic acid groups (broad SMARTS) is 1. The van der Waals surface area contributed by atoms with Crippen LogP contribution >= 0.6 is 23.1 Å². The lowest BCUT2D eigenvalue weighted by Crippen LogP contribution is -2.28. The summed E-state index contributed by atoms with van der Waals surface area (Å²) < 4.78 is 35.8. The molecule has 0 saturated carbocycles. The van der Waals surface area contributed by atoms with Crippen molar-refractivity contribution in [1.29, 1.82) is 0 Å². The number of amides is 1. The maximum atomic E-state index is 11.9. The number of hydrogen-bond acceptors (Lipinski definition) is 5. The quantitative estimate of drug-likeness (QED) is 0.831. The minimum atomic E-state index is -4.31.